The van der Waals surface area contributed by atoms with Gasteiger partial charge in [-0.1, -0.05) is 12.1 Å². The predicted octanol–water partition coefficient (Wildman–Crippen LogP) is 4.17. The normalized spacial score (nSPS) is 10.3. The number of benzene rings is 2. The van der Waals surface area contributed by atoms with Crippen LogP contribution in [0.4, 0.5) is 17.5 Å². The lowest BCUT2D eigenvalue weighted by atomic mass is 10.2. The molecular formula is C21H24N4O3. The summed E-state index contributed by atoms with van der Waals surface area (Å²) in [5.74, 6) is 3.41. The zero-order valence-electron chi connectivity index (χ0n) is 16.4. The van der Waals surface area contributed by atoms with Gasteiger partial charge in [-0.2, -0.15) is 4.98 Å². The van der Waals surface area contributed by atoms with Crippen molar-refractivity contribution in [2.75, 3.05) is 32.0 Å². The summed E-state index contributed by atoms with van der Waals surface area (Å²) in [5.41, 5.74) is 2.77. The van der Waals surface area contributed by atoms with Crippen LogP contribution >= 0.6 is 0 Å². The molecule has 2 N–H and O–H groups in total. The van der Waals surface area contributed by atoms with Gasteiger partial charge in [-0.25, -0.2) is 4.98 Å². The molecule has 0 saturated carbocycles. The predicted molar refractivity (Wildman–Crippen MR) is 110 cm³/mol. The molecule has 7 nitrogen and oxygen atoms in total. The highest BCUT2D eigenvalue weighted by Gasteiger charge is 2.07. The number of rotatable bonds is 8. The smallest absolute Gasteiger partial charge is 0.229 e. The van der Waals surface area contributed by atoms with Crippen LogP contribution in [-0.4, -0.2) is 31.3 Å². The molecule has 3 rings (SSSR count). The third kappa shape index (κ3) is 4.82. The van der Waals surface area contributed by atoms with Gasteiger partial charge in [-0.05, 0) is 36.8 Å². The molecule has 0 saturated heterocycles. The number of nitrogens with one attached hydrogen (secondary N) is 2. The van der Waals surface area contributed by atoms with E-state index in [-0.39, 0.29) is 0 Å². The molecule has 0 aliphatic heterocycles. The lowest BCUT2D eigenvalue weighted by molar-refractivity contribution is 0.354. The van der Waals surface area contributed by atoms with Gasteiger partial charge in [-0.3, -0.25) is 0 Å². The maximum Gasteiger partial charge on any atom is 0.229 e. The van der Waals surface area contributed by atoms with Gasteiger partial charge in [0.05, 0.1) is 21.3 Å². The van der Waals surface area contributed by atoms with Gasteiger partial charge in [0.25, 0.3) is 0 Å². The van der Waals surface area contributed by atoms with Crippen molar-refractivity contribution >= 4 is 17.5 Å². The molecule has 0 bridgehead atoms. The summed E-state index contributed by atoms with van der Waals surface area (Å²) in [6, 6.07) is 15.3. The molecule has 1 heterocycles. The maximum absolute atomic E-state index is 5.35. The zero-order chi connectivity index (χ0) is 19.9. The van der Waals surface area contributed by atoms with E-state index in [9.17, 15) is 0 Å². The quantitative estimate of drug-likeness (QED) is 0.607. The van der Waals surface area contributed by atoms with Crippen LogP contribution in [0, 0.1) is 6.92 Å². The van der Waals surface area contributed by atoms with Crippen LogP contribution < -0.4 is 24.8 Å². The fourth-order valence-electron chi connectivity index (χ4n) is 2.73. The SMILES string of the molecule is COc1cccc(Nc2nc(C)cc(NCc3ccc(OC)c(OC)c3)n2)c1. The Kier molecular flexibility index (Phi) is 6.16. The van der Waals surface area contributed by atoms with Gasteiger partial charge in [0.1, 0.15) is 11.6 Å². The van der Waals surface area contributed by atoms with Crippen molar-refractivity contribution in [3.05, 3.63) is 59.8 Å². The number of aryl methyl sites for hydroxylation is 1. The van der Waals surface area contributed by atoms with E-state index in [1.54, 1.807) is 21.3 Å². The molecule has 1 aromatic heterocycles. The van der Waals surface area contributed by atoms with Gasteiger partial charge < -0.3 is 24.8 Å². The average Bonchev–Trinajstić information content (AvgIpc) is 2.71. The zero-order valence-corrected chi connectivity index (χ0v) is 16.4. The van der Waals surface area contributed by atoms with Crippen molar-refractivity contribution < 1.29 is 14.2 Å². The van der Waals surface area contributed by atoms with Gasteiger partial charge >= 0.3 is 0 Å². The second-order valence-corrected chi connectivity index (χ2v) is 6.12. The number of nitrogens with zero attached hydrogens (tertiary/aromatic N) is 2. The summed E-state index contributed by atoms with van der Waals surface area (Å²) in [7, 11) is 4.88. The van der Waals surface area contributed by atoms with E-state index in [1.807, 2.05) is 55.5 Å². The molecule has 3 aromatic rings. The highest BCUT2D eigenvalue weighted by Crippen LogP contribution is 2.28. The monoisotopic (exact) mass is 380 g/mol. The molecule has 0 aliphatic rings. The first-order valence-electron chi connectivity index (χ1n) is 8.83. The Morgan fingerprint density at radius 1 is 0.857 bits per heavy atom. The van der Waals surface area contributed by atoms with Crippen molar-refractivity contribution in [1.29, 1.82) is 0 Å². The fraction of sp³-hybridized carbons (Fsp3) is 0.238. The molecule has 0 amide bonds. The van der Waals surface area contributed by atoms with Crippen LogP contribution in [-0.2, 0) is 6.54 Å². The maximum atomic E-state index is 5.35. The number of methoxy groups -OCH3 is 3. The molecule has 7 heteroatoms. The average molecular weight is 380 g/mol. The molecule has 28 heavy (non-hydrogen) atoms. The Morgan fingerprint density at radius 2 is 1.68 bits per heavy atom. The lowest BCUT2D eigenvalue weighted by Gasteiger charge is -2.12. The highest BCUT2D eigenvalue weighted by molar-refractivity contribution is 5.57. The van der Waals surface area contributed by atoms with Crippen molar-refractivity contribution in [2.24, 2.45) is 0 Å². The Hall–Kier alpha value is -3.48. The van der Waals surface area contributed by atoms with Crippen LogP contribution in [0.2, 0.25) is 0 Å². The first kappa shape index (κ1) is 19.3. The van der Waals surface area contributed by atoms with E-state index in [0.717, 1.165) is 28.5 Å². The number of aromatic nitrogens is 2. The van der Waals surface area contributed by atoms with Crippen LogP contribution in [0.1, 0.15) is 11.3 Å². The van der Waals surface area contributed by atoms with E-state index in [4.69, 9.17) is 14.2 Å². The summed E-state index contributed by atoms with van der Waals surface area (Å²) in [6.07, 6.45) is 0. The van der Waals surface area contributed by atoms with Gasteiger partial charge in [0.2, 0.25) is 5.95 Å². The minimum absolute atomic E-state index is 0.517. The Labute approximate surface area is 164 Å². The van der Waals surface area contributed by atoms with Gasteiger partial charge in [0.15, 0.2) is 11.5 Å². The third-order valence-corrected chi connectivity index (χ3v) is 4.10. The van der Waals surface area contributed by atoms with Gasteiger partial charge in [-0.15, -0.1) is 0 Å². The van der Waals surface area contributed by atoms with Crippen molar-refractivity contribution in [3.8, 4) is 17.2 Å². The second-order valence-electron chi connectivity index (χ2n) is 6.12. The molecule has 0 radical (unpaired) electrons. The summed E-state index contributed by atoms with van der Waals surface area (Å²) in [5, 5.41) is 6.54. The minimum Gasteiger partial charge on any atom is -0.497 e. The van der Waals surface area contributed by atoms with E-state index in [0.29, 0.717) is 24.0 Å². The van der Waals surface area contributed by atoms with Crippen LogP contribution in [0.5, 0.6) is 17.2 Å². The lowest BCUT2D eigenvalue weighted by Crippen LogP contribution is -2.06. The third-order valence-electron chi connectivity index (χ3n) is 4.10. The Bertz CT molecular complexity index is 947. The number of anilines is 3. The molecule has 146 valence electrons. The summed E-state index contributed by atoms with van der Waals surface area (Å²) < 4.78 is 15.9. The fourth-order valence-corrected chi connectivity index (χ4v) is 2.73. The second kappa shape index (κ2) is 8.94. The molecule has 0 spiro atoms. The number of ether oxygens (including phenoxy) is 3. The topological polar surface area (TPSA) is 77.5 Å². The molecule has 0 atom stereocenters. The molecule has 0 aliphatic carbocycles. The highest BCUT2D eigenvalue weighted by atomic mass is 16.5. The molecule has 0 fully saturated rings. The van der Waals surface area contributed by atoms with Crippen LogP contribution in [0.25, 0.3) is 0 Å². The van der Waals surface area contributed by atoms with E-state index < -0.39 is 0 Å². The van der Waals surface area contributed by atoms with Gasteiger partial charge in [0, 0.05) is 30.1 Å². The summed E-state index contributed by atoms with van der Waals surface area (Å²) in [6.45, 7) is 2.52. The van der Waals surface area contributed by atoms with E-state index in [2.05, 4.69) is 20.6 Å². The number of hydrogen-bond donors (Lipinski definition) is 2. The molecular weight excluding hydrogens is 356 g/mol. The molecule has 2 aromatic carbocycles. The van der Waals surface area contributed by atoms with Crippen molar-refractivity contribution in [1.82, 2.24) is 9.97 Å². The standard InChI is InChI=1S/C21H24N4O3/c1-14-10-20(22-13-15-8-9-18(27-3)19(11-15)28-4)25-21(23-14)24-16-6-5-7-17(12-16)26-2/h5-12H,13H2,1-4H3,(H2,22,23,24,25). The van der Waals surface area contributed by atoms with Crippen molar-refractivity contribution in [2.45, 2.75) is 13.5 Å². The first-order valence-corrected chi connectivity index (χ1v) is 8.83. The van der Waals surface area contributed by atoms with Crippen LogP contribution in [0.15, 0.2) is 48.5 Å². The minimum atomic E-state index is 0.517. The van der Waals surface area contributed by atoms with Crippen LogP contribution in [0.3, 0.4) is 0 Å². The largest absolute Gasteiger partial charge is 0.497 e. The summed E-state index contributed by atoms with van der Waals surface area (Å²) >= 11 is 0. The molecule has 0 unspecified atom stereocenters. The Morgan fingerprint density at radius 3 is 2.43 bits per heavy atom. The Balaban J connectivity index is 1.72. The van der Waals surface area contributed by atoms with E-state index >= 15 is 0 Å². The first-order chi connectivity index (χ1) is 13.6. The van der Waals surface area contributed by atoms with Crippen molar-refractivity contribution in [3.63, 3.8) is 0 Å². The number of hydrogen-bond acceptors (Lipinski definition) is 7. The van der Waals surface area contributed by atoms with E-state index in [1.165, 1.54) is 0 Å². The summed E-state index contributed by atoms with van der Waals surface area (Å²) in [4.78, 5) is 9.00.